The van der Waals surface area contributed by atoms with Gasteiger partial charge in [-0.25, -0.2) is 9.78 Å². The zero-order valence-corrected chi connectivity index (χ0v) is 9.62. The molecule has 0 amide bonds. The van der Waals surface area contributed by atoms with Gasteiger partial charge in [0.05, 0.1) is 32.0 Å². The van der Waals surface area contributed by atoms with Gasteiger partial charge in [-0.2, -0.15) is 0 Å². The molecule has 0 saturated carbocycles. The number of hydrogen-bond acceptors (Lipinski definition) is 4. The van der Waals surface area contributed by atoms with E-state index in [1.807, 2.05) is 27.7 Å². The van der Waals surface area contributed by atoms with Gasteiger partial charge in [0.1, 0.15) is 6.61 Å². The first-order valence-corrected chi connectivity index (χ1v) is 5.10. The third-order valence-corrected chi connectivity index (χ3v) is 1.25. The van der Waals surface area contributed by atoms with E-state index in [9.17, 15) is 0 Å². The van der Waals surface area contributed by atoms with E-state index >= 15 is 0 Å². The Morgan fingerprint density at radius 2 is 1.43 bits per heavy atom. The lowest BCUT2D eigenvalue weighted by molar-refractivity contribution is -0.320. The normalized spacial score (nSPS) is 11.6. The minimum Gasteiger partial charge on any atom is -0.377 e. The van der Waals surface area contributed by atoms with Gasteiger partial charge < -0.3 is 9.47 Å². The average Bonchev–Trinajstić information content (AvgIpc) is 2.08. The molecule has 0 spiro atoms. The van der Waals surface area contributed by atoms with Crippen LogP contribution in [0.3, 0.4) is 0 Å². The Morgan fingerprint density at radius 1 is 0.786 bits per heavy atom. The zero-order valence-electron chi connectivity index (χ0n) is 9.62. The Bertz CT molecular complexity index is 101. The third kappa shape index (κ3) is 11.8. The molecular weight excluding hydrogens is 184 g/mol. The molecule has 0 heterocycles. The summed E-state index contributed by atoms with van der Waals surface area (Å²) in [6.45, 7) is 10.0. The molecule has 14 heavy (non-hydrogen) atoms. The molecule has 0 unspecified atom stereocenters. The molecule has 0 aliphatic rings. The highest BCUT2D eigenvalue weighted by atomic mass is 17.2. The smallest absolute Gasteiger partial charge is 0.106 e. The van der Waals surface area contributed by atoms with Crippen LogP contribution in [0.2, 0.25) is 0 Å². The SMILES string of the molecule is CC(C)OCCOCCOOC(C)C. The maximum atomic E-state index is 5.29. The largest absolute Gasteiger partial charge is 0.377 e. The molecule has 86 valence electrons. The van der Waals surface area contributed by atoms with Gasteiger partial charge in [-0.15, -0.1) is 0 Å². The molecule has 0 aromatic carbocycles. The first-order valence-electron chi connectivity index (χ1n) is 5.10. The zero-order chi connectivity index (χ0) is 10.8. The third-order valence-electron chi connectivity index (χ3n) is 1.25. The lowest BCUT2D eigenvalue weighted by Gasteiger charge is -2.09. The molecule has 0 saturated heterocycles. The van der Waals surface area contributed by atoms with Crippen LogP contribution in [0.1, 0.15) is 27.7 Å². The van der Waals surface area contributed by atoms with Crippen molar-refractivity contribution in [2.24, 2.45) is 0 Å². The fraction of sp³-hybridized carbons (Fsp3) is 1.00. The first-order chi connectivity index (χ1) is 6.63. The van der Waals surface area contributed by atoms with Crippen molar-refractivity contribution >= 4 is 0 Å². The van der Waals surface area contributed by atoms with Gasteiger partial charge in [0.15, 0.2) is 0 Å². The van der Waals surface area contributed by atoms with E-state index in [1.54, 1.807) is 0 Å². The van der Waals surface area contributed by atoms with Crippen molar-refractivity contribution in [1.82, 2.24) is 0 Å². The van der Waals surface area contributed by atoms with Crippen LogP contribution in [0.4, 0.5) is 0 Å². The second kappa shape index (κ2) is 9.40. The maximum Gasteiger partial charge on any atom is 0.106 e. The number of rotatable bonds is 9. The molecule has 0 aromatic heterocycles. The molecule has 4 nitrogen and oxygen atoms in total. The van der Waals surface area contributed by atoms with Crippen molar-refractivity contribution in [2.75, 3.05) is 26.4 Å². The molecule has 0 radical (unpaired) electrons. The van der Waals surface area contributed by atoms with E-state index in [0.29, 0.717) is 26.4 Å². The van der Waals surface area contributed by atoms with Crippen molar-refractivity contribution in [2.45, 2.75) is 39.9 Å². The van der Waals surface area contributed by atoms with Gasteiger partial charge in [0.2, 0.25) is 0 Å². The fourth-order valence-corrected chi connectivity index (χ4v) is 0.722. The minimum atomic E-state index is 0.0966. The summed E-state index contributed by atoms with van der Waals surface area (Å²) in [5, 5.41) is 0. The van der Waals surface area contributed by atoms with Crippen molar-refractivity contribution in [3.8, 4) is 0 Å². The quantitative estimate of drug-likeness (QED) is 0.327. The Kier molecular flexibility index (Phi) is 9.29. The molecule has 0 N–H and O–H groups in total. The molecule has 0 bridgehead atoms. The predicted octanol–water partition coefficient (Wildman–Crippen LogP) is 1.78. The Labute approximate surface area is 86.4 Å². The standard InChI is InChI=1S/C10H22O4/c1-9(2)12-7-5-11-6-8-13-14-10(3)4/h9-10H,5-8H2,1-4H3. The highest BCUT2D eigenvalue weighted by Gasteiger charge is 1.95. The van der Waals surface area contributed by atoms with E-state index in [4.69, 9.17) is 19.2 Å². The Morgan fingerprint density at radius 3 is 2.00 bits per heavy atom. The van der Waals surface area contributed by atoms with Crippen LogP contribution in [0, 0.1) is 0 Å². The second-order valence-corrected chi connectivity index (χ2v) is 3.50. The summed E-state index contributed by atoms with van der Waals surface area (Å²) < 4.78 is 10.5. The summed E-state index contributed by atoms with van der Waals surface area (Å²) in [4.78, 5) is 9.73. The van der Waals surface area contributed by atoms with E-state index in [2.05, 4.69) is 0 Å². The van der Waals surface area contributed by atoms with Crippen LogP contribution in [0.15, 0.2) is 0 Å². The van der Waals surface area contributed by atoms with Gasteiger partial charge in [-0.05, 0) is 27.7 Å². The summed E-state index contributed by atoms with van der Waals surface area (Å²) in [7, 11) is 0. The second-order valence-electron chi connectivity index (χ2n) is 3.50. The molecule has 4 heteroatoms. The lowest BCUT2D eigenvalue weighted by atomic mass is 10.5. The summed E-state index contributed by atoms with van der Waals surface area (Å²) in [6, 6.07) is 0. The van der Waals surface area contributed by atoms with Crippen LogP contribution >= 0.6 is 0 Å². The molecule has 0 fully saturated rings. The summed E-state index contributed by atoms with van der Waals surface area (Å²) >= 11 is 0. The van der Waals surface area contributed by atoms with Crippen molar-refractivity contribution in [3.05, 3.63) is 0 Å². The lowest BCUT2D eigenvalue weighted by Crippen LogP contribution is -2.13. The average molecular weight is 206 g/mol. The Hall–Kier alpha value is -0.160. The molecule has 0 aliphatic carbocycles. The van der Waals surface area contributed by atoms with Crippen molar-refractivity contribution in [1.29, 1.82) is 0 Å². The monoisotopic (exact) mass is 206 g/mol. The van der Waals surface area contributed by atoms with Crippen LogP contribution in [0.5, 0.6) is 0 Å². The minimum absolute atomic E-state index is 0.0966. The topological polar surface area (TPSA) is 36.9 Å². The molecule has 0 aliphatic heterocycles. The van der Waals surface area contributed by atoms with E-state index in [-0.39, 0.29) is 12.2 Å². The Balaban J connectivity index is 2.92. The fourth-order valence-electron chi connectivity index (χ4n) is 0.722. The highest BCUT2D eigenvalue weighted by Crippen LogP contribution is 1.90. The van der Waals surface area contributed by atoms with Crippen molar-refractivity contribution < 1.29 is 19.2 Å². The number of hydrogen-bond donors (Lipinski definition) is 0. The van der Waals surface area contributed by atoms with E-state index < -0.39 is 0 Å². The summed E-state index contributed by atoms with van der Waals surface area (Å²) in [6.07, 6.45) is 0.360. The van der Waals surface area contributed by atoms with Gasteiger partial charge >= 0.3 is 0 Å². The van der Waals surface area contributed by atoms with Crippen LogP contribution in [-0.2, 0) is 19.2 Å². The summed E-state index contributed by atoms with van der Waals surface area (Å²) in [5.74, 6) is 0. The highest BCUT2D eigenvalue weighted by molar-refractivity contribution is 4.36. The van der Waals surface area contributed by atoms with E-state index in [1.165, 1.54) is 0 Å². The predicted molar refractivity (Wildman–Crippen MR) is 54.1 cm³/mol. The van der Waals surface area contributed by atoms with Gasteiger partial charge in [0.25, 0.3) is 0 Å². The van der Waals surface area contributed by atoms with Gasteiger partial charge in [0, 0.05) is 0 Å². The molecule has 0 aromatic rings. The molecular formula is C10H22O4. The molecule has 0 atom stereocenters. The number of ether oxygens (including phenoxy) is 2. The van der Waals surface area contributed by atoms with E-state index in [0.717, 1.165) is 0 Å². The van der Waals surface area contributed by atoms with Crippen LogP contribution in [0.25, 0.3) is 0 Å². The first kappa shape index (κ1) is 13.8. The van der Waals surface area contributed by atoms with Crippen LogP contribution < -0.4 is 0 Å². The van der Waals surface area contributed by atoms with Gasteiger partial charge in [-0.3, -0.25) is 0 Å². The van der Waals surface area contributed by atoms with Crippen LogP contribution in [-0.4, -0.2) is 38.6 Å². The van der Waals surface area contributed by atoms with Crippen molar-refractivity contribution in [3.63, 3.8) is 0 Å². The summed E-state index contributed by atoms with van der Waals surface area (Å²) in [5.41, 5.74) is 0. The molecule has 0 rings (SSSR count). The van der Waals surface area contributed by atoms with Gasteiger partial charge in [-0.1, -0.05) is 0 Å². The maximum absolute atomic E-state index is 5.29.